The van der Waals surface area contributed by atoms with E-state index in [1.807, 2.05) is 42.9 Å². The molecule has 1 fully saturated rings. The summed E-state index contributed by atoms with van der Waals surface area (Å²) in [7, 11) is 1.89. The Morgan fingerprint density at radius 2 is 2.17 bits per heavy atom. The van der Waals surface area contributed by atoms with Gasteiger partial charge in [-0.3, -0.25) is 0 Å². The van der Waals surface area contributed by atoms with E-state index in [1.54, 1.807) is 6.20 Å². The lowest BCUT2D eigenvalue weighted by molar-refractivity contribution is 0.0445. The van der Waals surface area contributed by atoms with Crippen molar-refractivity contribution in [2.24, 2.45) is 7.05 Å². The smallest absolute Gasteiger partial charge is 0.234 e. The number of aryl methyl sites for hydroxylation is 2. The maximum atomic E-state index is 9.26. The molecule has 0 amide bonds. The monoisotopic (exact) mass is 430 g/mol. The van der Waals surface area contributed by atoms with E-state index < -0.39 is 0 Å². The van der Waals surface area contributed by atoms with E-state index in [9.17, 15) is 5.26 Å². The second-order valence-corrected chi connectivity index (χ2v) is 6.85. The Morgan fingerprint density at radius 3 is 2.87 bits per heavy atom. The molecule has 0 spiro atoms. The Hall–Kier alpha value is -2.73. The van der Waals surface area contributed by atoms with Crippen LogP contribution in [0.1, 0.15) is 25.2 Å². The zero-order chi connectivity index (χ0) is 19.5. The number of nitrogens with one attached hydrogen (secondary N) is 1. The van der Waals surface area contributed by atoms with Gasteiger partial charge < -0.3 is 19.4 Å². The maximum Gasteiger partial charge on any atom is 0.234 e. The van der Waals surface area contributed by atoms with E-state index in [4.69, 9.17) is 9.47 Å². The first-order valence-electron chi connectivity index (χ1n) is 9.31. The summed E-state index contributed by atoms with van der Waals surface area (Å²) in [6.07, 6.45) is 4.95. The van der Waals surface area contributed by atoms with Crippen molar-refractivity contribution in [3.05, 3.63) is 35.9 Å². The highest BCUT2D eigenvalue weighted by molar-refractivity contribution is 5.91. The normalized spacial score (nSPS) is 15.3. The highest BCUT2D eigenvalue weighted by atomic mass is 35.5. The van der Waals surface area contributed by atoms with Crippen LogP contribution in [0, 0.1) is 18.3 Å². The number of nitriles is 1. The van der Waals surface area contributed by atoms with E-state index >= 15 is 0 Å². The molecule has 0 radical (unpaired) electrons. The number of fused-ring (bicyclic) bond motifs is 1. The standard InChI is InChI=1S/C20H22N6O2.CH4.ClH/c1-13-9-14(11-23-20(13)28-8-7-27-15-3-5-22-12-15)18-16-4-6-26(2)19(16)25-17(10-21)24-18;;/h4,6,9,11,15,22H,3,5,7-8,12H2,1-2H3;1H4;1H/t15-;;/m0../s1. The van der Waals surface area contributed by atoms with Crippen molar-refractivity contribution in [3.8, 4) is 23.2 Å². The molecule has 1 N–H and O–H groups in total. The van der Waals surface area contributed by atoms with Gasteiger partial charge >= 0.3 is 0 Å². The highest BCUT2D eigenvalue weighted by Gasteiger charge is 2.16. The number of halogens is 1. The molecule has 3 aromatic heterocycles. The molecule has 4 heterocycles. The third-order valence-electron chi connectivity index (χ3n) is 4.82. The lowest BCUT2D eigenvalue weighted by Crippen LogP contribution is -2.20. The Bertz CT molecular complexity index is 1040. The molecule has 1 aliphatic rings. The predicted octanol–water partition coefficient (Wildman–Crippen LogP) is 3.03. The van der Waals surface area contributed by atoms with Crippen molar-refractivity contribution in [2.75, 3.05) is 26.3 Å². The van der Waals surface area contributed by atoms with Crippen LogP contribution in [0.2, 0.25) is 0 Å². The first kappa shape index (κ1) is 23.5. The fourth-order valence-corrected chi connectivity index (χ4v) is 3.37. The van der Waals surface area contributed by atoms with Gasteiger partial charge in [-0.2, -0.15) is 5.26 Å². The predicted molar refractivity (Wildman–Crippen MR) is 118 cm³/mol. The van der Waals surface area contributed by atoms with Crippen LogP contribution in [0.25, 0.3) is 22.3 Å². The van der Waals surface area contributed by atoms with Crippen molar-refractivity contribution in [2.45, 2.75) is 26.9 Å². The number of aromatic nitrogens is 4. The summed E-state index contributed by atoms with van der Waals surface area (Å²) in [5.74, 6) is 0.719. The minimum Gasteiger partial charge on any atom is -0.475 e. The van der Waals surface area contributed by atoms with Gasteiger partial charge in [-0.1, -0.05) is 7.43 Å². The summed E-state index contributed by atoms with van der Waals surface area (Å²) in [5, 5.41) is 13.4. The van der Waals surface area contributed by atoms with Crippen molar-refractivity contribution >= 4 is 23.4 Å². The van der Waals surface area contributed by atoms with Gasteiger partial charge in [0.2, 0.25) is 11.7 Å². The summed E-state index contributed by atoms with van der Waals surface area (Å²) in [4.78, 5) is 13.1. The molecule has 0 bridgehead atoms. The van der Waals surface area contributed by atoms with Crippen LogP contribution in [-0.2, 0) is 11.8 Å². The molecule has 1 atom stereocenters. The van der Waals surface area contributed by atoms with Crippen LogP contribution in [0.15, 0.2) is 24.5 Å². The summed E-state index contributed by atoms with van der Waals surface area (Å²) in [6, 6.07) is 5.95. The van der Waals surface area contributed by atoms with Crippen LogP contribution in [0.5, 0.6) is 5.88 Å². The molecule has 0 aromatic carbocycles. The van der Waals surface area contributed by atoms with E-state index in [0.29, 0.717) is 24.8 Å². The molecular formula is C21H27ClN6O2. The SMILES string of the molecule is C.Cc1cc(-c2nc(C#N)nc3c2ccn3C)cnc1OCCO[C@H]1CCNC1.Cl. The van der Waals surface area contributed by atoms with Gasteiger partial charge in [0.15, 0.2) is 0 Å². The summed E-state index contributed by atoms with van der Waals surface area (Å²) < 4.78 is 13.4. The molecule has 0 unspecified atom stereocenters. The summed E-state index contributed by atoms with van der Waals surface area (Å²) >= 11 is 0. The molecule has 0 saturated carbocycles. The molecule has 1 saturated heterocycles. The molecule has 160 valence electrons. The fraction of sp³-hybridized carbons (Fsp3) is 0.429. The van der Waals surface area contributed by atoms with Gasteiger partial charge in [-0.15, -0.1) is 12.4 Å². The van der Waals surface area contributed by atoms with E-state index in [1.165, 1.54) is 0 Å². The second-order valence-electron chi connectivity index (χ2n) is 6.85. The van der Waals surface area contributed by atoms with Gasteiger partial charge in [0.1, 0.15) is 18.3 Å². The quantitative estimate of drug-likeness (QED) is 0.600. The maximum absolute atomic E-state index is 9.26. The van der Waals surface area contributed by atoms with Crippen LogP contribution < -0.4 is 10.1 Å². The molecule has 4 rings (SSSR count). The van der Waals surface area contributed by atoms with Crippen LogP contribution in [0.4, 0.5) is 0 Å². The highest BCUT2D eigenvalue weighted by Crippen LogP contribution is 2.28. The van der Waals surface area contributed by atoms with Gasteiger partial charge in [0.05, 0.1) is 18.4 Å². The molecule has 3 aromatic rings. The second kappa shape index (κ2) is 10.3. The number of nitrogens with zero attached hydrogens (tertiary/aromatic N) is 5. The zero-order valence-corrected chi connectivity index (χ0v) is 17.2. The third kappa shape index (κ3) is 4.87. The van der Waals surface area contributed by atoms with Crippen LogP contribution in [0.3, 0.4) is 0 Å². The van der Waals surface area contributed by atoms with Gasteiger partial charge in [0, 0.05) is 42.5 Å². The molecule has 0 aliphatic carbocycles. The molecule has 30 heavy (non-hydrogen) atoms. The zero-order valence-electron chi connectivity index (χ0n) is 16.4. The van der Waals surface area contributed by atoms with Crippen LogP contribution in [-0.4, -0.2) is 51.9 Å². The van der Waals surface area contributed by atoms with Crippen LogP contribution >= 0.6 is 12.4 Å². The lowest BCUT2D eigenvalue weighted by atomic mass is 10.1. The third-order valence-corrected chi connectivity index (χ3v) is 4.82. The Balaban J connectivity index is 0.00000160. The Kier molecular flexibility index (Phi) is 8.12. The number of ether oxygens (including phenoxy) is 2. The van der Waals surface area contributed by atoms with Gasteiger partial charge in [0.25, 0.3) is 0 Å². The number of hydrogen-bond donors (Lipinski definition) is 1. The average molecular weight is 431 g/mol. The van der Waals surface area contributed by atoms with E-state index in [2.05, 4.69) is 20.3 Å². The Labute approximate surface area is 182 Å². The molecule has 9 heteroatoms. The summed E-state index contributed by atoms with van der Waals surface area (Å²) in [5.41, 5.74) is 3.15. The first-order chi connectivity index (χ1) is 13.7. The average Bonchev–Trinajstić information content (AvgIpc) is 3.35. The van der Waals surface area contributed by atoms with E-state index in [-0.39, 0.29) is 31.8 Å². The first-order valence-corrected chi connectivity index (χ1v) is 9.31. The number of pyridine rings is 1. The fourth-order valence-electron chi connectivity index (χ4n) is 3.37. The van der Waals surface area contributed by atoms with Gasteiger partial charge in [-0.25, -0.2) is 15.0 Å². The largest absolute Gasteiger partial charge is 0.475 e. The van der Waals surface area contributed by atoms with Crippen molar-refractivity contribution in [3.63, 3.8) is 0 Å². The molecule has 1 aliphatic heterocycles. The lowest BCUT2D eigenvalue weighted by Gasteiger charge is -2.12. The van der Waals surface area contributed by atoms with E-state index in [0.717, 1.165) is 41.7 Å². The summed E-state index contributed by atoms with van der Waals surface area (Å²) in [6.45, 7) is 4.86. The minimum atomic E-state index is 0. The van der Waals surface area contributed by atoms with Crippen molar-refractivity contribution in [1.29, 1.82) is 5.26 Å². The van der Waals surface area contributed by atoms with Gasteiger partial charge in [-0.05, 0) is 32.0 Å². The number of hydrogen-bond acceptors (Lipinski definition) is 7. The topological polar surface area (TPSA) is 97.9 Å². The molecule has 8 nitrogen and oxygen atoms in total. The number of rotatable bonds is 6. The van der Waals surface area contributed by atoms with Crippen molar-refractivity contribution < 1.29 is 9.47 Å². The van der Waals surface area contributed by atoms with Crippen molar-refractivity contribution in [1.82, 2.24) is 24.8 Å². The Morgan fingerprint density at radius 1 is 1.33 bits per heavy atom. The minimum absolute atomic E-state index is 0. The molecular weight excluding hydrogens is 404 g/mol.